The number of rotatable bonds is 0. The van der Waals surface area contributed by atoms with Gasteiger partial charge in [0.25, 0.3) is 0 Å². The van der Waals surface area contributed by atoms with Crippen molar-refractivity contribution in [3.8, 4) is 0 Å². The summed E-state index contributed by atoms with van der Waals surface area (Å²) in [5.41, 5.74) is 4.19. The number of fused-ring (bicyclic) bond motifs is 1. The Hall–Kier alpha value is -1.55. The Bertz CT molecular complexity index is 477. The molecule has 0 atom stereocenters. The predicted octanol–water partition coefficient (Wildman–Crippen LogP) is 1.19. The molecule has 0 unspecified atom stereocenters. The molecule has 1 aromatic carbocycles. The Morgan fingerprint density at radius 1 is 1.11 bits per heavy atom. The summed E-state index contributed by atoms with van der Waals surface area (Å²) in [6.07, 6.45) is 1.06. The Morgan fingerprint density at radius 2 is 1.89 bits per heavy atom. The van der Waals surface area contributed by atoms with Gasteiger partial charge in [-0.05, 0) is 24.5 Å². The summed E-state index contributed by atoms with van der Waals surface area (Å²) in [4.78, 5) is 4.40. The molecular weight excluding hydrogens is 236 g/mol. The lowest BCUT2D eigenvalue weighted by molar-refractivity contribution is 0.277. The van der Waals surface area contributed by atoms with Gasteiger partial charge >= 0.3 is 0 Å². The molecule has 4 heteroatoms. The van der Waals surface area contributed by atoms with Crippen LogP contribution in [-0.2, 0) is 13.0 Å². The highest BCUT2D eigenvalue weighted by Gasteiger charge is 2.23. The average Bonchev–Trinajstić information content (AvgIpc) is 2.47. The molecule has 0 spiro atoms. The van der Waals surface area contributed by atoms with E-state index in [4.69, 9.17) is 5.41 Å². The summed E-state index contributed by atoms with van der Waals surface area (Å²) in [7, 11) is 0. The zero-order chi connectivity index (χ0) is 13.2. The molecule has 1 fully saturated rings. The number of nitrogens with zero attached hydrogens (tertiary/aromatic N) is 2. The molecule has 0 bridgehead atoms. The van der Waals surface area contributed by atoms with E-state index >= 15 is 0 Å². The van der Waals surface area contributed by atoms with Crippen LogP contribution in [0.4, 0.5) is 0 Å². The molecule has 4 nitrogen and oxygen atoms in total. The van der Waals surface area contributed by atoms with Crippen molar-refractivity contribution in [3.63, 3.8) is 0 Å². The van der Waals surface area contributed by atoms with E-state index < -0.39 is 0 Å². The van der Waals surface area contributed by atoms with Crippen LogP contribution in [0.2, 0.25) is 0 Å². The van der Waals surface area contributed by atoms with Crippen LogP contribution in [0.1, 0.15) is 16.7 Å². The second-order valence-electron chi connectivity index (χ2n) is 5.50. The second kappa shape index (κ2) is 5.21. The SMILES string of the molecule is Cc1ccc2c(c1)CCN(C(=N)N1CCNCC1)C2. The largest absolute Gasteiger partial charge is 0.340 e. The lowest BCUT2D eigenvalue weighted by Gasteiger charge is -2.38. The summed E-state index contributed by atoms with van der Waals surface area (Å²) < 4.78 is 0. The first kappa shape index (κ1) is 12.5. The zero-order valence-electron chi connectivity index (χ0n) is 11.6. The fourth-order valence-corrected chi connectivity index (χ4v) is 2.94. The molecule has 1 aromatic rings. The van der Waals surface area contributed by atoms with Crippen LogP contribution in [0.5, 0.6) is 0 Å². The summed E-state index contributed by atoms with van der Waals surface area (Å²) in [5.74, 6) is 0.702. The minimum absolute atomic E-state index is 0.702. The quantitative estimate of drug-likeness (QED) is 0.543. The van der Waals surface area contributed by atoms with Crippen LogP contribution in [0, 0.1) is 12.3 Å². The van der Waals surface area contributed by atoms with Gasteiger partial charge in [0.15, 0.2) is 5.96 Å². The minimum Gasteiger partial charge on any atom is -0.340 e. The van der Waals surface area contributed by atoms with Gasteiger partial charge in [-0.25, -0.2) is 0 Å². The monoisotopic (exact) mass is 258 g/mol. The van der Waals surface area contributed by atoms with E-state index in [9.17, 15) is 0 Å². The van der Waals surface area contributed by atoms with Crippen molar-refractivity contribution in [1.82, 2.24) is 15.1 Å². The smallest absolute Gasteiger partial charge is 0.194 e. The van der Waals surface area contributed by atoms with Crippen molar-refractivity contribution in [1.29, 1.82) is 5.41 Å². The lowest BCUT2D eigenvalue weighted by Crippen LogP contribution is -2.52. The highest BCUT2D eigenvalue weighted by atomic mass is 15.4. The van der Waals surface area contributed by atoms with Gasteiger partial charge < -0.3 is 15.1 Å². The first-order chi connectivity index (χ1) is 9.24. The van der Waals surface area contributed by atoms with Gasteiger partial charge in [-0.15, -0.1) is 0 Å². The molecule has 2 aliphatic heterocycles. The molecule has 19 heavy (non-hydrogen) atoms. The molecule has 2 heterocycles. The summed E-state index contributed by atoms with van der Waals surface area (Å²) >= 11 is 0. The number of piperazine rings is 1. The number of guanidine groups is 1. The maximum Gasteiger partial charge on any atom is 0.194 e. The van der Waals surface area contributed by atoms with Crippen molar-refractivity contribution >= 4 is 5.96 Å². The van der Waals surface area contributed by atoms with E-state index in [0.29, 0.717) is 5.96 Å². The summed E-state index contributed by atoms with van der Waals surface area (Å²) in [6, 6.07) is 6.69. The molecule has 3 rings (SSSR count). The van der Waals surface area contributed by atoms with Gasteiger partial charge in [-0.1, -0.05) is 23.8 Å². The van der Waals surface area contributed by atoms with E-state index in [1.807, 2.05) is 0 Å². The van der Waals surface area contributed by atoms with Gasteiger partial charge in [0.05, 0.1) is 0 Å². The first-order valence-electron chi connectivity index (χ1n) is 7.11. The number of benzene rings is 1. The normalized spacial score (nSPS) is 19.2. The van der Waals surface area contributed by atoms with E-state index in [-0.39, 0.29) is 0 Å². The fraction of sp³-hybridized carbons (Fsp3) is 0.533. The van der Waals surface area contributed by atoms with Crippen LogP contribution in [0.25, 0.3) is 0 Å². The Morgan fingerprint density at radius 3 is 2.68 bits per heavy atom. The molecule has 0 aliphatic carbocycles. The number of hydrogen-bond acceptors (Lipinski definition) is 2. The number of hydrogen-bond donors (Lipinski definition) is 2. The van der Waals surface area contributed by atoms with Crippen molar-refractivity contribution < 1.29 is 0 Å². The maximum atomic E-state index is 8.39. The van der Waals surface area contributed by atoms with Crippen molar-refractivity contribution in [2.75, 3.05) is 32.7 Å². The molecule has 0 aromatic heterocycles. The van der Waals surface area contributed by atoms with Crippen LogP contribution in [-0.4, -0.2) is 48.5 Å². The second-order valence-corrected chi connectivity index (χ2v) is 5.50. The predicted molar refractivity (Wildman–Crippen MR) is 77.5 cm³/mol. The van der Waals surface area contributed by atoms with Crippen molar-refractivity contribution in [2.24, 2.45) is 0 Å². The Labute approximate surface area is 114 Å². The third kappa shape index (κ3) is 2.59. The average molecular weight is 258 g/mol. The van der Waals surface area contributed by atoms with Gasteiger partial charge in [0.2, 0.25) is 0 Å². The molecule has 1 saturated heterocycles. The Balaban J connectivity index is 1.71. The van der Waals surface area contributed by atoms with Crippen LogP contribution >= 0.6 is 0 Å². The van der Waals surface area contributed by atoms with E-state index in [1.165, 1.54) is 16.7 Å². The molecular formula is C15H22N4. The van der Waals surface area contributed by atoms with Gasteiger partial charge in [-0.3, -0.25) is 5.41 Å². The first-order valence-corrected chi connectivity index (χ1v) is 7.11. The highest BCUT2D eigenvalue weighted by Crippen LogP contribution is 2.20. The lowest BCUT2D eigenvalue weighted by atomic mass is 9.98. The standard InChI is InChI=1S/C15H22N4/c1-12-2-3-14-11-19(7-4-13(14)10-12)15(16)18-8-5-17-6-9-18/h2-3,10,16-17H,4-9,11H2,1H3. The molecule has 0 amide bonds. The minimum atomic E-state index is 0.702. The van der Waals surface area contributed by atoms with E-state index in [0.717, 1.165) is 45.7 Å². The third-order valence-corrected chi connectivity index (χ3v) is 4.09. The van der Waals surface area contributed by atoms with Crippen molar-refractivity contribution in [2.45, 2.75) is 19.9 Å². The zero-order valence-corrected chi connectivity index (χ0v) is 11.6. The number of nitrogens with one attached hydrogen (secondary N) is 2. The molecule has 2 aliphatic rings. The van der Waals surface area contributed by atoms with Crippen molar-refractivity contribution in [3.05, 3.63) is 34.9 Å². The fourth-order valence-electron chi connectivity index (χ4n) is 2.94. The van der Waals surface area contributed by atoms with Gasteiger partial charge in [0, 0.05) is 39.3 Å². The van der Waals surface area contributed by atoms with Crippen LogP contribution in [0.3, 0.4) is 0 Å². The number of aryl methyl sites for hydroxylation is 1. The van der Waals surface area contributed by atoms with Crippen LogP contribution < -0.4 is 5.32 Å². The van der Waals surface area contributed by atoms with E-state index in [2.05, 4.69) is 40.2 Å². The third-order valence-electron chi connectivity index (χ3n) is 4.09. The van der Waals surface area contributed by atoms with E-state index in [1.54, 1.807) is 0 Å². The van der Waals surface area contributed by atoms with Gasteiger partial charge in [0.1, 0.15) is 0 Å². The molecule has 102 valence electrons. The highest BCUT2D eigenvalue weighted by molar-refractivity contribution is 5.77. The molecule has 2 N–H and O–H groups in total. The topological polar surface area (TPSA) is 42.4 Å². The summed E-state index contributed by atoms with van der Waals surface area (Å²) in [5, 5.41) is 11.7. The van der Waals surface area contributed by atoms with Gasteiger partial charge in [-0.2, -0.15) is 0 Å². The molecule has 0 radical (unpaired) electrons. The van der Waals surface area contributed by atoms with Crippen LogP contribution in [0.15, 0.2) is 18.2 Å². The maximum absolute atomic E-state index is 8.39. The molecule has 0 saturated carbocycles. The Kier molecular flexibility index (Phi) is 3.42. The summed E-state index contributed by atoms with van der Waals surface area (Å²) in [6.45, 7) is 7.90.